The minimum Gasteiger partial charge on any atom is -0.383 e. The van der Waals surface area contributed by atoms with E-state index in [1.165, 1.54) is 6.33 Å². The highest BCUT2D eigenvalue weighted by molar-refractivity contribution is 7.46. The Morgan fingerprint density at radius 2 is 2.14 bits per heavy atom. The normalized spacial score (nSPS) is 11.9. The first-order valence-electron chi connectivity index (χ1n) is 3.45. The van der Waals surface area contributed by atoms with E-state index >= 15 is 0 Å². The van der Waals surface area contributed by atoms with Crippen LogP contribution in [0.1, 0.15) is 0 Å². The van der Waals surface area contributed by atoms with Gasteiger partial charge >= 0.3 is 7.82 Å². The second kappa shape index (κ2) is 3.02. The molecule has 0 bridgehead atoms. The fraction of sp³-hybridized carbons (Fsp3) is 0. The van der Waals surface area contributed by atoms with E-state index in [2.05, 4.69) is 24.5 Å². The zero-order chi connectivity index (χ0) is 10.2. The highest BCUT2D eigenvalue weighted by Crippen LogP contribution is 2.38. The van der Waals surface area contributed by atoms with Gasteiger partial charge in [0.05, 0.1) is 6.33 Å². The molecule has 0 saturated carbocycles. The van der Waals surface area contributed by atoms with Crippen molar-refractivity contribution < 1.29 is 18.9 Å². The van der Waals surface area contributed by atoms with Crippen LogP contribution in [-0.2, 0) is 4.57 Å². The summed E-state index contributed by atoms with van der Waals surface area (Å²) < 4.78 is 14.9. The maximum atomic E-state index is 10.5. The molecule has 2 aromatic heterocycles. The molecule has 2 aromatic rings. The third-order valence-electron chi connectivity index (χ3n) is 1.39. The van der Waals surface area contributed by atoms with Gasteiger partial charge < -0.3 is 9.51 Å². The smallest absolute Gasteiger partial charge is 0.383 e. The van der Waals surface area contributed by atoms with Crippen molar-refractivity contribution in [3.63, 3.8) is 0 Å². The summed E-state index contributed by atoms with van der Waals surface area (Å²) in [6.45, 7) is 0. The Morgan fingerprint density at radius 1 is 1.36 bits per heavy atom. The molecule has 8 nitrogen and oxygen atoms in total. The Morgan fingerprint density at radius 3 is 2.86 bits per heavy atom. The molecule has 0 radical (unpaired) electrons. The largest absolute Gasteiger partial charge is 0.526 e. The van der Waals surface area contributed by atoms with Crippen LogP contribution in [0.4, 0.5) is 0 Å². The highest BCUT2D eigenvalue weighted by atomic mass is 31.2. The van der Waals surface area contributed by atoms with Gasteiger partial charge in [-0.25, -0.2) is 14.5 Å². The molecule has 2 heterocycles. The quantitative estimate of drug-likeness (QED) is 0.595. The lowest BCUT2D eigenvalue weighted by molar-refractivity contribution is 0.280. The van der Waals surface area contributed by atoms with Crippen LogP contribution >= 0.6 is 7.82 Å². The van der Waals surface area contributed by atoms with E-state index in [9.17, 15) is 4.57 Å². The minimum atomic E-state index is -4.61. The first-order chi connectivity index (χ1) is 6.56. The van der Waals surface area contributed by atoms with E-state index in [4.69, 9.17) is 9.79 Å². The molecule has 0 aliphatic heterocycles. The summed E-state index contributed by atoms with van der Waals surface area (Å²) in [4.78, 5) is 30.8. The van der Waals surface area contributed by atoms with Crippen molar-refractivity contribution in [2.24, 2.45) is 0 Å². The first kappa shape index (κ1) is 9.07. The van der Waals surface area contributed by atoms with Crippen molar-refractivity contribution in [2.45, 2.75) is 0 Å². The Kier molecular flexibility index (Phi) is 1.95. The van der Waals surface area contributed by atoms with Gasteiger partial charge in [0.2, 0.25) is 0 Å². The number of hydrogen-bond donors (Lipinski definition) is 3. The molecule has 3 N–H and O–H groups in total. The van der Waals surface area contributed by atoms with Crippen LogP contribution in [0.3, 0.4) is 0 Å². The Balaban J connectivity index is 2.52. The second-order valence-corrected chi connectivity index (χ2v) is 3.53. The third kappa shape index (κ3) is 1.72. The summed E-state index contributed by atoms with van der Waals surface area (Å²) >= 11 is 0. The molecule has 0 fully saturated rings. The van der Waals surface area contributed by atoms with E-state index in [0.717, 1.165) is 6.33 Å². The van der Waals surface area contributed by atoms with Gasteiger partial charge in [0, 0.05) is 0 Å². The first-order valence-corrected chi connectivity index (χ1v) is 4.98. The Labute approximate surface area is 77.2 Å². The van der Waals surface area contributed by atoms with Crippen LogP contribution in [0.2, 0.25) is 0 Å². The maximum Gasteiger partial charge on any atom is 0.526 e. The Bertz CT molecular complexity index is 505. The van der Waals surface area contributed by atoms with Crippen LogP contribution in [0.15, 0.2) is 12.7 Å². The van der Waals surface area contributed by atoms with Gasteiger partial charge in [-0.15, -0.1) is 0 Å². The van der Waals surface area contributed by atoms with Gasteiger partial charge in [-0.2, -0.15) is 4.98 Å². The van der Waals surface area contributed by atoms with Gasteiger partial charge in [0.15, 0.2) is 5.65 Å². The van der Waals surface area contributed by atoms with Gasteiger partial charge in [0.25, 0.3) is 5.88 Å². The van der Waals surface area contributed by atoms with Gasteiger partial charge in [-0.1, -0.05) is 0 Å². The molecule has 0 aliphatic carbocycles. The van der Waals surface area contributed by atoms with Crippen molar-refractivity contribution in [1.82, 2.24) is 19.9 Å². The molecule has 0 amide bonds. The van der Waals surface area contributed by atoms with Crippen molar-refractivity contribution in [3.05, 3.63) is 12.7 Å². The average Bonchev–Trinajstić information content (AvgIpc) is 2.49. The molecule has 74 valence electrons. The summed E-state index contributed by atoms with van der Waals surface area (Å²) in [6.07, 6.45) is 2.43. The summed E-state index contributed by atoms with van der Waals surface area (Å²) in [7, 11) is -4.61. The van der Waals surface area contributed by atoms with Crippen LogP contribution in [0.5, 0.6) is 5.88 Å². The van der Waals surface area contributed by atoms with Gasteiger partial charge in [-0.05, 0) is 0 Å². The molecular formula is C5H5N4O4P. The lowest BCUT2D eigenvalue weighted by Gasteiger charge is -2.04. The lowest BCUT2D eigenvalue weighted by Crippen LogP contribution is -1.94. The molecule has 0 aliphatic rings. The summed E-state index contributed by atoms with van der Waals surface area (Å²) in [5, 5.41) is 0. The molecule has 14 heavy (non-hydrogen) atoms. The van der Waals surface area contributed by atoms with Crippen LogP contribution in [0, 0.1) is 0 Å². The van der Waals surface area contributed by atoms with Crippen LogP contribution in [0.25, 0.3) is 11.2 Å². The SMILES string of the molecule is O=P(O)(O)Oc1ncnc2nc[nH]c12. The molecule has 0 aromatic carbocycles. The maximum absolute atomic E-state index is 10.5. The third-order valence-corrected chi connectivity index (χ3v) is 1.80. The monoisotopic (exact) mass is 216 g/mol. The number of nitrogens with zero attached hydrogens (tertiary/aromatic N) is 3. The number of rotatable bonds is 2. The predicted molar refractivity (Wildman–Crippen MR) is 44.4 cm³/mol. The standard InChI is InChI=1S/C5H5N4O4P/c10-14(11,12)13-5-3-4(7-1-6-3)8-2-9-5/h1-2H,(H2,10,11,12)(H,6,7,8,9). The predicted octanol–water partition coefficient (Wildman–Crippen LogP) is -0.176. The second-order valence-electron chi connectivity index (χ2n) is 2.36. The van der Waals surface area contributed by atoms with E-state index in [0.29, 0.717) is 0 Å². The van der Waals surface area contributed by atoms with Crippen molar-refractivity contribution >= 4 is 19.0 Å². The number of aromatic amines is 1. The average molecular weight is 216 g/mol. The number of phosphoric acid groups is 1. The summed E-state index contributed by atoms with van der Waals surface area (Å²) in [5.41, 5.74) is 0.527. The number of hydrogen-bond acceptors (Lipinski definition) is 5. The minimum absolute atomic E-state index is 0.221. The number of aromatic nitrogens is 4. The van der Waals surface area contributed by atoms with Gasteiger partial charge in [0.1, 0.15) is 11.8 Å². The van der Waals surface area contributed by atoms with E-state index in [1.54, 1.807) is 0 Å². The summed E-state index contributed by atoms with van der Waals surface area (Å²) in [6, 6.07) is 0. The number of fused-ring (bicyclic) bond motifs is 1. The number of nitrogens with one attached hydrogen (secondary N) is 1. The highest BCUT2D eigenvalue weighted by Gasteiger charge is 2.19. The molecular weight excluding hydrogens is 211 g/mol. The lowest BCUT2D eigenvalue weighted by atomic mass is 10.5. The summed E-state index contributed by atoms with van der Waals surface area (Å²) in [5.74, 6) is -0.221. The Hall–Kier alpha value is -1.50. The number of imidazole rings is 1. The van der Waals surface area contributed by atoms with Crippen molar-refractivity contribution in [2.75, 3.05) is 0 Å². The van der Waals surface area contributed by atoms with Gasteiger partial charge in [-0.3, -0.25) is 9.79 Å². The molecule has 0 spiro atoms. The van der Waals surface area contributed by atoms with E-state index < -0.39 is 7.82 Å². The molecule has 2 rings (SSSR count). The van der Waals surface area contributed by atoms with Crippen molar-refractivity contribution in [1.29, 1.82) is 0 Å². The van der Waals surface area contributed by atoms with Crippen LogP contribution in [-0.4, -0.2) is 29.7 Å². The zero-order valence-corrected chi connectivity index (χ0v) is 7.55. The number of H-pyrrole nitrogens is 1. The van der Waals surface area contributed by atoms with Crippen molar-refractivity contribution in [3.8, 4) is 5.88 Å². The molecule has 0 atom stereocenters. The molecule has 0 unspecified atom stereocenters. The van der Waals surface area contributed by atoms with E-state index in [-0.39, 0.29) is 17.0 Å². The van der Waals surface area contributed by atoms with E-state index in [1.807, 2.05) is 0 Å². The number of phosphoric ester groups is 1. The zero-order valence-electron chi connectivity index (χ0n) is 6.65. The fourth-order valence-corrected chi connectivity index (χ4v) is 1.29. The molecule has 9 heteroatoms. The fourth-order valence-electron chi connectivity index (χ4n) is 0.925. The van der Waals surface area contributed by atoms with Crippen LogP contribution < -0.4 is 4.52 Å². The molecule has 0 saturated heterocycles. The topological polar surface area (TPSA) is 121 Å².